The second-order valence-corrected chi connectivity index (χ2v) is 8.13. The van der Waals surface area contributed by atoms with Crippen molar-refractivity contribution in [3.8, 4) is 11.4 Å². The summed E-state index contributed by atoms with van der Waals surface area (Å²) in [7, 11) is 0. The molecule has 8 heteroatoms. The summed E-state index contributed by atoms with van der Waals surface area (Å²) in [6.07, 6.45) is 0.999. The lowest BCUT2D eigenvalue weighted by Gasteiger charge is -2.14. The third-order valence-electron chi connectivity index (χ3n) is 4.38. The van der Waals surface area contributed by atoms with Crippen molar-refractivity contribution in [2.24, 2.45) is 0 Å². The summed E-state index contributed by atoms with van der Waals surface area (Å²) in [5.74, 6) is 6.80. The van der Waals surface area contributed by atoms with E-state index in [-0.39, 0.29) is 17.7 Å². The minimum atomic E-state index is -0.0810. The zero-order chi connectivity index (χ0) is 20.1. The molecule has 1 amide bonds. The molecule has 0 aliphatic heterocycles. The molecule has 3 aromatic rings. The summed E-state index contributed by atoms with van der Waals surface area (Å²) in [5.41, 5.74) is 3.20. The number of nitrogen functional groups attached to an aromatic ring is 1. The molecule has 1 unspecified atom stereocenters. The van der Waals surface area contributed by atoms with Crippen LogP contribution in [0.4, 0.5) is 0 Å². The van der Waals surface area contributed by atoms with Crippen LogP contribution in [0.1, 0.15) is 31.0 Å². The number of nitrogens with one attached hydrogen (secondary N) is 1. The Bertz CT molecular complexity index is 957. The van der Waals surface area contributed by atoms with Gasteiger partial charge in [0.05, 0.1) is 11.8 Å². The van der Waals surface area contributed by atoms with Crippen molar-refractivity contribution in [1.82, 2.24) is 20.2 Å². The standard InChI is InChI=1S/C20H22BrN5OS/c1-3-14-8-10-15(11-9-14)13(2)23-18(27)12-28-20-25-24-19(26(20)22)16-6-4-5-7-17(16)21/h4-11,13H,3,12,22H2,1-2H3,(H,23,27). The molecule has 0 saturated carbocycles. The minimum Gasteiger partial charge on any atom is -0.349 e. The van der Waals surface area contributed by atoms with Crippen LogP contribution in [0.15, 0.2) is 58.2 Å². The predicted octanol–water partition coefficient (Wildman–Crippen LogP) is 3.95. The topological polar surface area (TPSA) is 85.8 Å². The number of rotatable bonds is 7. The van der Waals surface area contributed by atoms with Gasteiger partial charge in [0.15, 0.2) is 5.82 Å². The number of nitrogens with two attached hydrogens (primary N) is 1. The van der Waals surface area contributed by atoms with Gasteiger partial charge in [0.25, 0.3) is 0 Å². The van der Waals surface area contributed by atoms with E-state index in [0.29, 0.717) is 11.0 Å². The Morgan fingerprint density at radius 2 is 1.93 bits per heavy atom. The van der Waals surface area contributed by atoms with Crippen LogP contribution in [0.3, 0.4) is 0 Å². The summed E-state index contributed by atoms with van der Waals surface area (Å²) in [6, 6.07) is 15.9. The summed E-state index contributed by atoms with van der Waals surface area (Å²) in [4.78, 5) is 12.3. The molecule has 3 rings (SSSR count). The Balaban J connectivity index is 1.59. The highest BCUT2D eigenvalue weighted by Gasteiger charge is 2.16. The number of nitrogens with zero attached hydrogens (tertiary/aromatic N) is 3. The maximum atomic E-state index is 12.3. The minimum absolute atomic E-state index is 0.0643. The van der Waals surface area contributed by atoms with Gasteiger partial charge < -0.3 is 11.2 Å². The monoisotopic (exact) mass is 459 g/mol. The van der Waals surface area contributed by atoms with E-state index in [4.69, 9.17) is 5.84 Å². The fourth-order valence-electron chi connectivity index (χ4n) is 2.74. The molecule has 1 atom stereocenters. The molecule has 3 N–H and O–H groups in total. The number of halogens is 1. The Hall–Kier alpha value is -2.32. The molecule has 1 aromatic heterocycles. The van der Waals surface area contributed by atoms with Crippen LogP contribution >= 0.6 is 27.7 Å². The average Bonchev–Trinajstić information content (AvgIpc) is 3.07. The first-order chi connectivity index (χ1) is 13.5. The first-order valence-corrected chi connectivity index (χ1v) is 10.7. The molecular weight excluding hydrogens is 438 g/mol. The second-order valence-electron chi connectivity index (χ2n) is 6.33. The lowest BCUT2D eigenvalue weighted by molar-refractivity contribution is -0.119. The zero-order valence-corrected chi connectivity index (χ0v) is 18.1. The molecule has 0 saturated heterocycles. The molecule has 0 aliphatic carbocycles. The van der Waals surface area contributed by atoms with Gasteiger partial charge in [-0.15, -0.1) is 10.2 Å². The van der Waals surface area contributed by atoms with E-state index < -0.39 is 0 Å². The Morgan fingerprint density at radius 1 is 1.21 bits per heavy atom. The first kappa shape index (κ1) is 20.4. The largest absolute Gasteiger partial charge is 0.349 e. The first-order valence-electron chi connectivity index (χ1n) is 8.96. The number of amides is 1. The summed E-state index contributed by atoms with van der Waals surface area (Å²) < 4.78 is 2.29. The van der Waals surface area contributed by atoms with Crippen molar-refractivity contribution < 1.29 is 4.79 Å². The van der Waals surface area contributed by atoms with Crippen molar-refractivity contribution in [1.29, 1.82) is 0 Å². The highest BCUT2D eigenvalue weighted by Crippen LogP contribution is 2.27. The van der Waals surface area contributed by atoms with Gasteiger partial charge in [-0.3, -0.25) is 4.79 Å². The van der Waals surface area contributed by atoms with Gasteiger partial charge in [-0.2, -0.15) is 0 Å². The molecule has 0 fully saturated rings. The third kappa shape index (κ3) is 4.74. The molecule has 1 heterocycles. The molecule has 6 nitrogen and oxygen atoms in total. The smallest absolute Gasteiger partial charge is 0.230 e. The number of hydrogen-bond acceptors (Lipinski definition) is 5. The van der Waals surface area contributed by atoms with E-state index in [1.807, 2.05) is 31.2 Å². The van der Waals surface area contributed by atoms with Gasteiger partial charge in [-0.05, 0) is 36.6 Å². The quantitative estimate of drug-likeness (QED) is 0.412. The number of thioether (sulfide) groups is 1. The molecule has 0 spiro atoms. The normalized spacial score (nSPS) is 12.0. The van der Waals surface area contributed by atoms with Crippen LogP contribution in [0.2, 0.25) is 0 Å². The van der Waals surface area contributed by atoms with E-state index in [2.05, 4.69) is 62.6 Å². The van der Waals surface area contributed by atoms with E-state index in [1.54, 1.807) is 0 Å². The fourth-order valence-corrected chi connectivity index (χ4v) is 3.87. The van der Waals surface area contributed by atoms with Crippen LogP contribution in [0, 0.1) is 0 Å². The number of benzene rings is 2. The Morgan fingerprint density at radius 3 is 2.61 bits per heavy atom. The lowest BCUT2D eigenvalue weighted by Crippen LogP contribution is -2.28. The van der Waals surface area contributed by atoms with Crippen molar-refractivity contribution in [3.05, 3.63) is 64.1 Å². The highest BCUT2D eigenvalue weighted by atomic mass is 79.9. The molecule has 146 valence electrons. The zero-order valence-electron chi connectivity index (χ0n) is 15.7. The molecule has 0 bridgehead atoms. The summed E-state index contributed by atoms with van der Waals surface area (Å²) in [6.45, 7) is 4.09. The van der Waals surface area contributed by atoms with Gasteiger partial charge in [-0.1, -0.05) is 71.0 Å². The third-order valence-corrected chi connectivity index (χ3v) is 6.01. The number of carbonyl (C=O) groups excluding carboxylic acids is 1. The van der Waals surface area contributed by atoms with Gasteiger partial charge >= 0.3 is 0 Å². The van der Waals surface area contributed by atoms with E-state index in [1.165, 1.54) is 22.0 Å². The molecule has 0 aliphatic rings. The summed E-state index contributed by atoms with van der Waals surface area (Å²) >= 11 is 4.75. The molecule has 28 heavy (non-hydrogen) atoms. The van der Waals surface area contributed by atoms with Crippen LogP contribution in [-0.4, -0.2) is 26.5 Å². The average molecular weight is 460 g/mol. The molecular formula is C20H22BrN5OS. The van der Waals surface area contributed by atoms with Crippen LogP contribution in [-0.2, 0) is 11.2 Å². The Kier molecular flexibility index (Phi) is 6.74. The number of hydrogen-bond donors (Lipinski definition) is 2. The van der Waals surface area contributed by atoms with Crippen molar-refractivity contribution in [3.63, 3.8) is 0 Å². The van der Waals surface area contributed by atoms with Crippen molar-refractivity contribution >= 4 is 33.6 Å². The molecule has 2 aromatic carbocycles. The van der Waals surface area contributed by atoms with Crippen LogP contribution < -0.4 is 11.2 Å². The van der Waals surface area contributed by atoms with E-state index in [9.17, 15) is 4.79 Å². The molecule has 0 radical (unpaired) electrons. The Labute approximate surface area is 177 Å². The van der Waals surface area contributed by atoms with Crippen LogP contribution in [0.5, 0.6) is 0 Å². The number of carbonyl (C=O) groups is 1. The van der Waals surface area contributed by atoms with E-state index >= 15 is 0 Å². The lowest BCUT2D eigenvalue weighted by atomic mass is 10.1. The van der Waals surface area contributed by atoms with Gasteiger partial charge in [-0.25, -0.2) is 4.68 Å². The van der Waals surface area contributed by atoms with Crippen molar-refractivity contribution in [2.45, 2.75) is 31.5 Å². The summed E-state index contributed by atoms with van der Waals surface area (Å²) in [5, 5.41) is 11.8. The van der Waals surface area contributed by atoms with E-state index in [0.717, 1.165) is 22.0 Å². The van der Waals surface area contributed by atoms with Crippen LogP contribution in [0.25, 0.3) is 11.4 Å². The van der Waals surface area contributed by atoms with Gasteiger partial charge in [0.1, 0.15) is 0 Å². The maximum absolute atomic E-state index is 12.3. The SMILES string of the molecule is CCc1ccc(C(C)NC(=O)CSc2nnc(-c3ccccc3Br)n2N)cc1. The highest BCUT2D eigenvalue weighted by molar-refractivity contribution is 9.10. The van der Waals surface area contributed by atoms with Gasteiger partial charge in [0, 0.05) is 10.0 Å². The predicted molar refractivity (Wildman–Crippen MR) is 116 cm³/mol. The van der Waals surface area contributed by atoms with Gasteiger partial charge in [0.2, 0.25) is 11.1 Å². The number of aromatic nitrogens is 3. The fraction of sp³-hybridized carbons (Fsp3) is 0.250. The second kappa shape index (κ2) is 9.25. The van der Waals surface area contributed by atoms with Crippen molar-refractivity contribution in [2.75, 3.05) is 11.6 Å². The maximum Gasteiger partial charge on any atom is 0.230 e. The number of aryl methyl sites for hydroxylation is 1.